The van der Waals surface area contributed by atoms with E-state index in [0.29, 0.717) is 12.8 Å². The van der Waals surface area contributed by atoms with Crippen molar-refractivity contribution in [2.45, 2.75) is 31.8 Å². The largest absolute Gasteiger partial charge is 0.385 e. The Morgan fingerprint density at radius 1 is 1.41 bits per heavy atom. The smallest absolute Gasteiger partial charge is 0.147 e. The van der Waals surface area contributed by atoms with Gasteiger partial charge in [0, 0.05) is 6.26 Å². The summed E-state index contributed by atoms with van der Waals surface area (Å²) < 4.78 is 22.4. The van der Waals surface area contributed by atoms with E-state index in [9.17, 15) is 13.5 Å². The van der Waals surface area contributed by atoms with Gasteiger partial charge >= 0.3 is 0 Å². The molecule has 94 valence electrons. The first-order valence-electron chi connectivity index (χ1n) is 5.80. The maximum absolute atomic E-state index is 11.2. The van der Waals surface area contributed by atoms with E-state index >= 15 is 0 Å². The van der Waals surface area contributed by atoms with E-state index in [1.165, 1.54) is 6.26 Å². The van der Waals surface area contributed by atoms with Gasteiger partial charge in [-0.3, -0.25) is 0 Å². The second kappa shape index (κ2) is 4.10. The van der Waals surface area contributed by atoms with E-state index in [1.54, 1.807) is 0 Å². The third kappa shape index (κ3) is 2.69. The fraction of sp³-hybridized carbons (Fsp3) is 0.538. The Morgan fingerprint density at radius 2 is 2.12 bits per heavy atom. The van der Waals surface area contributed by atoms with Crippen molar-refractivity contribution in [2.24, 2.45) is 0 Å². The normalized spacial score (nSPS) is 23.7. The highest BCUT2D eigenvalue weighted by molar-refractivity contribution is 7.90. The minimum Gasteiger partial charge on any atom is -0.385 e. The Labute approximate surface area is 102 Å². The van der Waals surface area contributed by atoms with Gasteiger partial charge in [0.15, 0.2) is 0 Å². The number of hydrogen-bond acceptors (Lipinski definition) is 3. The van der Waals surface area contributed by atoms with Crippen LogP contribution in [-0.4, -0.2) is 25.5 Å². The summed E-state index contributed by atoms with van der Waals surface area (Å²) in [5.41, 5.74) is 2.21. The molecule has 1 aromatic rings. The van der Waals surface area contributed by atoms with Gasteiger partial charge in [-0.05, 0) is 37.3 Å². The molecule has 3 nitrogen and oxygen atoms in total. The molecule has 0 saturated heterocycles. The van der Waals surface area contributed by atoms with Crippen molar-refractivity contribution in [3.63, 3.8) is 0 Å². The SMILES string of the molecule is Cc1ccc2c(c1)C(O)(CCS(C)(=O)=O)CC2. The van der Waals surface area contributed by atoms with Crippen LogP contribution in [0.3, 0.4) is 0 Å². The molecule has 0 amide bonds. The van der Waals surface area contributed by atoms with Crippen molar-refractivity contribution in [3.05, 3.63) is 34.9 Å². The highest BCUT2D eigenvalue weighted by atomic mass is 32.2. The van der Waals surface area contributed by atoms with Crippen LogP contribution in [0.1, 0.15) is 29.5 Å². The Balaban J connectivity index is 2.27. The number of aliphatic hydroxyl groups is 1. The molecule has 0 spiro atoms. The summed E-state index contributed by atoms with van der Waals surface area (Å²) in [5, 5.41) is 10.6. The maximum Gasteiger partial charge on any atom is 0.147 e. The van der Waals surface area contributed by atoms with Gasteiger partial charge in [-0.25, -0.2) is 8.42 Å². The van der Waals surface area contributed by atoms with E-state index < -0.39 is 15.4 Å². The van der Waals surface area contributed by atoms with Crippen LogP contribution < -0.4 is 0 Å². The zero-order valence-electron chi connectivity index (χ0n) is 10.2. The first-order chi connectivity index (χ1) is 7.80. The molecule has 2 rings (SSSR count). The third-order valence-corrected chi connectivity index (χ3v) is 4.41. The molecule has 1 N–H and O–H groups in total. The van der Waals surface area contributed by atoms with Crippen LogP contribution >= 0.6 is 0 Å². The van der Waals surface area contributed by atoms with Crippen LogP contribution in [0.4, 0.5) is 0 Å². The number of hydrogen-bond donors (Lipinski definition) is 1. The lowest BCUT2D eigenvalue weighted by atomic mass is 9.92. The number of benzene rings is 1. The molecule has 1 unspecified atom stereocenters. The van der Waals surface area contributed by atoms with Gasteiger partial charge in [0.25, 0.3) is 0 Å². The molecule has 1 atom stereocenters. The fourth-order valence-electron chi connectivity index (χ4n) is 2.43. The molecule has 4 heteroatoms. The molecule has 0 aromatic heterocycles. The lowest BCUT2D eigenvalue weighted by molar-refractivity contribution is 0.0353. The molecule has 0 heterocycles. The van der Waals surface area contributed by atoms with Crippen molar-refractivity contribution in [3.8, 4) is 0 Å². The van der Waals surface area contributed by atoms with Gasteiger partial charge in [-0.15, -0.1) is 0 Å². The van der Waals surface area contributed by atoms with Crippen LogP contribution in [0, 0.1) is 6.92 Å². The lowest BCUT2D eigenvalue weighted by Gasteiger charge is -2.23. The van der Waals surface area contributed by atoms with Crippen molar-refractivity contribution in [2.75, 3.05) is 12.0 Å². The predicted molar refractivity (Wildman–Crippen MR) is 67.7 cm³/mol. The number of aryl methyl sites for hydroxylation is 2. The second-order valence-corrected chi connectivity index (χ2v) is 7.33. The first-order valence-corrected chi connectivity index (χ1v) is 7.86. The summed E-state index contributed by atoms with van der Waals surface area (Å²) in [6.07, 6.45) is 2.96. The van der Waals surface area contributed by atoms with E-state index in [-0.39, 0.29) is 5.75 Å². The summed E-state index contributed by atoms with van der Waals surface area (Å²) in [4.78, 5) is 0. The highest BCUT2D eigenvalue weighted by Crippen LogP contribution is 2.39. The number of fused-ring (bicyclic) bond motifs is 1. The monoisotopic (exact) mass is 254 g/mol. The molecule has 0 saturated carbocycles. The molecule has 0 aliphatic heterocycles. The predicted octanol–water partition coefficient (Wildman–Crippen LogP) is 1.56. The van der Waals surface area contributed by atoms with E-state index in [4.69, 9.17) is 0 Å². The molecule has 0 bridgehead atoms. The average molecular weight is 254 g/mol. The van der Waals surface area contributed by atoms with Crippen molar-refractivity contribution in [1.82, 2.24) is 0 Å². The van der Waals surface area contributed by atoms with Crippen molar-refractivity contribution >= 4 is 9.84 Å². The summed E-state index contributed by atoms with van der Waals surface area (Å²) in [5.74, 6) is 0.0386. The Hall–Kier alpha value is -0.870. The number of sulfone groups is 1. The standard InChI is InChI=1S/C13H18O3S/c1-10-3-4-11-5-6-13(14,12(11)9-10)7-8-17(2,15)16/h3-4,9,14H,5-8H2,1-2H3. The minimum absolute atomic E-state index is 0.0386. The molecular weight excluding hydrogens is 236 g/mol. The van der Waals surface area contributed by atoms with E-state index in [1.807, 2.05) is 25.1 Å². The molecule has 1 aromatic carbocycles. The van der Waals surface area contributed by atoms with Crippen molar-refractivity contribution < 1.29 is 13.5 Å². The van der Waals surface area contributed by atoms with E-state index in [0.717, 1.165) is 23.1 Å². The van der Waals surface area contributed by atoms with E-state index in [2.05, 4.69) is 0 Å². The molecular formula is C13H18O3S. The first kappa shape index (κ1) is 12.6. The van der Waals surface area contributed by atoms with Crippen LogP contribution in [0.15, 0.2) is 18.2 Å². The summed E-state index contributed by atoms with van der Waals surface area (Å²) in [6.45, 7) is 1.98. The van der Waals surface area contributed by atoms with Gasteiger partial charge in [-0.2, -0.15) is 0 Å². The quantitative estimate of drug-likeness (QED) is 0.890. The summed E-state index contributed by atoms with van der Waals surface area (Å²) in [7, 11) is -3.02. The molecule has 1 aliphatic carbocycles. The van der Waals surface area contributed by atoms with Gasteiger partial charge in [0.05, 0.1) is 11.4 Å². The topological polar surface area (TPSA) is 54.4 Å². The van der Waals surface area contributed by atoms with Crippen LogP contribution in [0.25, 0.3) is 0 Å². The summed E-state index contributed by atoms with van der Waals surface area (Å²) in [6, 6.07) is 6.04. The van der Waals surface area contributed by atoms with Gasteiger partial charge < -0.3 is 5.11 Å². The highest BCUT2D eigenvalue weighted by Gasteiger charge is 2.36. The van der Waals surface area contributed by atoms with Crippen LogP contribution in [-0.2, 0) is 21.9 Å². The fourth-order valence-corrected chi connectivity index (χ4v) is 3.14. The lowest BCUT2D eigenvalue weighted by Crippen LogP contribution is -2.25. The third-order valence-electron chi connectivity index (χ3n) is 3.46. The molecule has 1 aliphatic rings. The van der Waals surface area contributed by atoms with Gasteiger partial charge in [0.1, 0.15) is 9.84 Å². The Kier molecular flexibility index (Phi) is 3.04. The molecule has 0 radical (unpaired) electrons. The maximum atomic E-state index is 11.2. The van der Waals surface area contributed by atoms with Gasteiger partial charge in [-0.1, -0.05) is 23.8 Å². The van der Waals surface area contributed by atoms with Gasteiger partial charge in [0.2, 0.25) is 0 Å². The molecule has 17 heavy (non-hydrogen) atoms. The zero-order valence-corrected chi connectivity index (χ0v) is 11.0. The average Bonchev–Trinajstić information content (AvgIpc) is 2.54. The van der Waals surface area contributed by atoms with Crippen LogP contribution in [0.5, 0.6) is 0 Å². The van der Waals surface area contributed by atoms with Crippen LogP contribution in [0.2, 0.25) is 0 Å². The second-order valence-electron chi connectivity index (χ2n) is 5.07. The Bertz CT molecular complexity index is 534. The zero-order chi connectivity index (χ0) is 12.7. The molecule has 0 fully saturated rings. The minimum atomic E-state index is -3.02. The van der Waals surface area contributed by atoms with Crippen molar-refractivity contribution in [1.29, 1.82) is 0 Å². The number of rotatable bonds is 3. The summed E-state index contributed by atoms with van der Waals surface area (Å²) >= 11 is 0. The Morgan fingerprint density at radius 3 is 2.76 bits per heavy atom.